The summed E-state index contributed by atoms with van der Waals surface area (Å²) in [5.41, 5.74) is 0.834. The predicted molar refractivity (Wildman–Crippen MR) is 75.2 cm³/mol. The first-order chi connectivity index (χ1) is 9.64. The molecule has 0 aliphatic carbocycles. The zero-order valence-corrected chi connectivity index (χ0v) is 12.2. The lowest BCUT2D eigenvalue weighted by Crippen LogP contribution is -2.05. The Balaban J connectivity index is 2.27. The van der Waals surface area contributed by atoms with Crippen molar-refractivity contribution in [1.82, 2.24) is 0 Å². The monoisotopic (exact) mass is 296 g/mol. The second-order valence-corrected chi connectivity index (χ2v) is 6.28. The summed E-state index contributed by atoms with van der Waals surface area (Å²) in [6.45, 7) is 2.55. The summed E-state index contributed by atoms with van der Waals surface area (Å²) in [5, 5.41) is 0.333. The Labute approximate surface area is 118 Å². The van der Waals surface area contributed by atoms with Crippen molar-refractivity contribution in [3.8, 4) is 0 Å². The first kappa shape index (κ1) is 15.0. The van der Waals surface area contributed by atoms with Gasteiger partial charge in [0.1, 0.15) is 0 Å². The molecule has 1 aliphatic rings. The minimum atomic E-state index is -3.36. The Kier molecular flexibility index (Phi) is 5.12. The molecule has 1 aromatic rings. The molecule has 1 aliphatic heterocycles. The lowest BCUT2D eigenvalue weighted by molar-refractivity contribution is -0.142. The van der Waals surface area contributed by atoms with Crippen LogP contribution < -0.4 is 0 Å². The highest BCUT2D eigenvalue weighted by Gasteiger charge is 2.36. The van der Waals surface area contributed by atoms with Gasteiger partial charge in [-0.1, -0.05) is 30.3 Å². The third-order valence-corrected chi connectivity index (χ3v) is 4.76. The standard InChI is InChI=1S/C14H17O5P/c1-2-17-14(15)11-13(20(16)18-8-9-19-20)10-12-6-4-3-5-7-12/h3-7,10H,2,8-9,11H2,1H3/b13-10+. The van der Waals surface area contributed by atoms with Gasteiger partial charge >= 0.3 is 13.6 Å². The Morgan fingerprint density at radius 2 is 1.95 bits per heavy atom. The van der Waals surface area contributed by atoms with Crippen LogP contribution in [0.5, 0.6) is 0 Å². The zero-order valence-electron chi connectivity index (χ0n) is 11.3. The van der Waals surface area contributed by atoms with Gasteiger partial charge in [0.25, 0.3) is 0 Å². The van der Waals surface area contributed by atoms with E-state index in [9.17, 15) is 9.36 Å². The van der Waals surface area contributed by atoms with E-state index in [-0.39, 0.29) is 26.2 Å². The minimum absolute atomic E-state index is 0.0972. The van der Waals surface area contributed by atoms with E-state index in [1.807, 2.05) is 30.3 Å². The van der Waals surface area contributed by atoms with Crippen LogP contribution in [0.4, 0.5) is 0 Å². The van der Waals surface area contributed by atoms with E-state index < -0.39 is 13.6 Å². The first-order valence-electron chi connectivity index (χ1n) is 6.45. The molecule has 0 spiro atoms. The number of benzene rings is 1. The molecule has 0 bridgehead atoms. The van der Waals surface area contributed by atoms with Gasteiger partial charge in [-0.3, -0.25) is 9.36 Å². The smallest absolute Gasteiger partial charge is 0.358 e. The van der Waals surface area contributed by atoms with Gasteiger partial charge in [0, 0.05) is 0 Å². The molecule has 0 unspecified atom stereocenters. The number of hydrogen-bond donors (Lipinski definition) is 0. The zero-order chi connectivity index (χ0) is 14.4. The lowest BCUT2D eigenvalue weighted by atomic mass is 10.2. The maximum atomic E-state index is 12.5. The van der Waals surface area contributed by atoms with Crippen LogP contribution in [-0.2, 0) is 23.1 Å². The molecule has 1 fully saturated rings. The highest BCUT2D eigenvalue weighted by Crippen LogP contribution is 2.60. The van der Waals surface area contributed by atoms with Crippen molar-refractivity contribution in [3.05, 3.63) is 41.2 Å². The molecule has 6 heteroatoms. The Morgan fingerprint density at radius 3 is 2.55 bits per heavy atom. The summed E-state index contributed by atoms with van der Waals surface area (Å²) >= 11 is 0. The van der Waals surface area contributed by atoms with E-state index in [4.69, 9.17) is 13.8 Å². The molecule has 5 nitrogen and oxygen atoms in total. The van der Waals surface area contributed by atoms with Crippen molar-refractivity contribution in [2.75, 3.05) is 19.8 Å². The highest BCUT2D eigenvalue weighted by molar-refractivity contribution is 7.59. The third-order valence-electron chi connectivity index (χ3n) is 2.72. The summed E-state index contributed by atoms with van der Waals surface area (Å²) < 4.78 is 27.9. The van der Waals surface area contributed by atoms with Gasteiger partial charge in [0.05, 0.1) is 31.6 Å². The SMILES string of the molecule is CCOC(=O)C/C(=C\c1ccccc1)P1(=O)OCCO1. The average Bonchev–Trinajstić information content (AvgIpc) is 2.88. The van der Waals surface area contributed by atoms with E-state index in [1.54, 1.807) is 13.0 Å². The van der Waals surface area contributed by atoms with Crippen LogP contribution in [0.25, 0.3) is 6.08 Å². The molecule has 0 amide bonds. The van der Waals surface area contributed by atoms with Crippen LogP contribution in [0, 0.1) is 0 Å². The molecule has 0 atom stereocenters. The van der Waals surface area contributed by atoms with Crippen molar-refractivity contribution in [1.29, 1.82) is 0 Å². The van der Waals surface area contributed by atoms with Crippen LogP contribution in [0.1, 0.15) is 18.9 Å². The van der Waals surface area contributed by atoms with Gasteiger partial charge < -0.3 is 13.8 Å². The fourth-order valence-corrected chi connectivity index (χ4v) is 3.51. The van der Waals surface area contributed by atoms with Crippen molar-refractivity contribution < 1.29 is 23.1 Å². The summed E-state index contributed by atoms with van der Waals surface area (Å²) in [6, 6.07) is 9.31. The number of esters is 1. The van der Waals surface area contributed by atoms with Crippen molar-refractivity contribution >= 4 is 19.6 Å². The molecular formula is C14H17O5P. The molecule has 1 heterocycles. The Hall–Kier alpha value is -1.42. The molecule has 108 valence electrons. The van der Waals surface area contributed by atoms with Crippen LogP contribution in [0.2, 0.25) is 0 Å². The largest absolute Gasteiger partial charge is 0.466 e. The summed E-state index contributed by atoms with van der Waals surface area (Å²) in [7, 11) is -3.36. The highest BCUT2D eigenvalue weighted by atomic mass is 31.2. The molecule has 0 N–H and O–H groups in total. The van der Waals surface area contributed by atoms with Gasteiger partial charge in [-0.05, 0) is 18.6 Å². The second kappa shape index (κ2) is 6.84. The van der Waals surface area contributed by atoms with E-state index >= 15 is 0 Å². The molecule has 2 rings (SSSR count). The Morgan fingerprint density at radius 1 is 1.30 bits per heavy atom. The third kappa shape index (κ3) is 3.79. The summed E-state index contributed by atoms with van der Waals surface area (Å²) in [4.78, 5) is 11.6. The molecule has 1 saturated heterocycles. The van der Waals surface area contributed by atoms with Gasteiger partial charge in [-0.25, -0.2) is 0 Å². The van der Waals surface area contributed by atoms with Crippen molar-refractivity contribution in [2.45, 2.75) is 13.3 Å². The normalized spacial score (nSPS) is 17.9. The van der Waals surface area contributed by atoms with Gasteiger partial charge in [0.15, 0.2) is 0 Å². The molecule has 20 heavy (non-hydrogen) atoms. The molecule has 0 radical (unpaired) electrons. The van der Waals surface area contributed by atoms with E-state index in [0.29, 0.717) is 5.31 Å². The predicted octanol–water partition coefficient (Wildman–Crippen LogP) is 3.22. The minimum Gasteiger partial charge on any atom is -0.466 e. The van der Waals surface area contributed by atoms with Crippen molar-refractivity contribution in [3.63, 3.8) is 0 Å². The molecule has 0 aromatic heterocycles. The van der Waals surface area contributed by atoms with Gasteiger partial charge in [-0.2, -0.15) is 0 Å². The van der Waals surface area contributed by atoms with Crippen LogP contribution in [-0.4, -0.2) is 25.8 Å². The maximum Gasteiger partial charge on any atom is 0.358 e. The molecular weight excluding hydrogens is 279 g/mol. The van der Waals surface area contributed by atoms with E-state index in [0.717, 1.165) is 5.56 Å². The molecule has 0 saturated carbocycles. The number of carbonyl (C=O) groups excluding carboxylic acids is 1. The van der Waals surface area contributed by atoms with Crippen LogP contribution in [0.3, 0.4) is 0 Å². The molecule has 1 aromatic carbocycles. The Bertz CT molecular complexity index is 528. The van der Waals surface area contributed by atoms with Gasteiger partial charge in [-0.15, -0.1) is 0 Å². The second-order valence-electron chi connectivity index (χ2n) is 4.19. The number of hydrogen-bond acceptors (Lipinski definition) is 5. The van der Waals surface area contributed by atoms with Crippen LogP contribution in [0.15, 0.2) is 35.6 Å². The number of carbonyl (C=O) groups is 1. The number of rotatable bonds is 5. The maximum absolute atomic E-state index is 12.5. The topological polar surface area (TPSA) is 61.8 Å². The lowest BCUT2D eigenvalue weighted by Gasteiger charge is -2.13. The van der Waals surface area contributed by atoms with Crippen molar-refractivity contribution in [2.24, 2.45) is 0 Å². The van der Waals surface area contributed by atoms with Crippen LogP contribution >= 0.6 is 7.60 Å². The summed E-state index contributed by atoms with van der Waals surface area (Å²) in [5.74, 6) is -0.441. The fourth-order valence-electron chi connectivity index (χ4n) is 1.85. The number of ether oxygens (including phenoxy) is 1. The quantitative estimate of drug-likeness (QED) is 0.616. The fraction of sp³-hybridized carbons (Fsp3) is 0.357. The van der Waals surface area contributed by atoms with Gasteiger partial charge in [0.2, 0.25) is 0 Å². The van der Waals surface area contributed by atoms with E-state index in [2.05, 4.69) is 0 Å². The average molecular weight is 296 g/mol. The summed E-state index contributed by atoms with van der Waals surface area (Å²) in [6.07, 6.45) is 1.57. The first-order valence-corrected chi connectivity index (χ1v) is 7.99. The van der Waals surface area contributed by atoms with E-state index in [1.165, 1.54) is 0 Å².